The highest BCUT2D eigenvalue weighted by atomic mass is 32.2. The number of hydrogen-bond donors (Lipinski definition) is 3. The van der Waals surface area contributed by atoms with E-state index in [1.165, 1.54) is 24.0 Å². The number of esters is 1. The Bertz CT molecular complexity index is 1090. The smallest absolute Gasteiger partial charge is 0.340 e. The number of hydrazine groups is 1. The number of carbonyl (C=O) groups is 1. The number of thiophene rings is 1. The lowest BCUT2D eigenvalue weighted by Gasteiger charge is -2.31. The molecule has 1 aromatic carbocycles. The normalized spacial score (nSPS) is 22.2. The average molecular weight is 493 g/mol. The third-order valence-electron chi connectivity index (χ3n) is 6.45. The number of nitrogens with one attached hydrogen (secondary N) is 3. The van der Waals surface area contributed by atoms with Crippen LogP contribution in [0, 0.1) is 5.92 Å². The number of sulfonamides is 1. The molecule has 0 spiro atoms. The molecule has 3 N–H and O–H groups in total. The molecule has 1 saturated heterocycles. The molecule has 180 valence electrons. The monoisotopic (exact) mass is 492 g/mol. The first-order chi connectivity index (χ1) is 15.8. The Kier molecular flexibility index (Phi) is 7.52. The summed E-state index contributed by atoms with van der Waals surface area (Å²) in [6.07, 6.45) is 1.29. The molecular formula is C23H32N4O4S2. The van der Waals surface area contributed by atoms with Crippen molar-refractivity contribution in [1.82, 2.24) is 20.5 Å². The topological polar surface area (TPSA) is 99.8 Å². The average Bonchev–Trinajstić information content (AvgIpc) is 3.43. The first-order valence-electron chi connectivity index (χ1n) is 11.3. The number of nitrogens with zero attached hydrogens (tertiary/aromatic N) is 1. The zero-order chi connectivity index (χ0) is 23.6. The highest BCUT2D eigenvalue weighted by Gasteiger charge is 2.36. The van der Waals surface area contributed by atoms with E-state index in [0.29, 0.717) is 25.3 Å². The lowest BCUT2D eigenvalue weighted by molar-refractivity contribution is 0.0595. The molecule has 10 heteroatoms. The fourth-order valence-corrected chi connectivity index (χ4v) is 7.81. The maximum Gasteiger partial charge on any atom is 0.340 e. The van der Waals surface area contributed by atoms with E-state index in [4.69, 9.17) is 4.74 Å². The Balaban J connectivity index is 1.56. The minimum Gasteiger partial charge on any atom is -0.465 e. The van der Waals surface area contributed by atoms with Gasteiger partial charge < -0.3 is 4.74 Å². The molecule has 1 fully saturated rings. The summed E-state index contributed by atoms with van der Waals surface area (Å²) in [6.45, 7) is 6.86. The van der Waals surface area contributed by atoms with Crippen LogP contribution in [0.1, 0.15) is 52.7 Å². The predicted octanol–water partition coefficient (Wildman–Crippen LogP) is 2.43. The standard InChI is InChI=1S/C23H32N4O4S2/c1-4-15(2)26-33(29,30)23-20(22(28)31-3)18-10-11-27(14-19(18)32-23)13-17-12-24-25-21(17)16-8-6-5-7-9-16/h5-9,15,17,21,24-26H,4,10-14H2,1-3H3. The van der Waals surface area contributed by atoms with Crippen LogP contribution in [0.5, 0.6) is 0 Å². The van der Waals surface area contributed by atoms with Gasteiger partial charge in [-0.15, -0.1) is 11.3 Å². The zero-order valence-electron chi connectivity index (χ0n) is 19.3. The van der Waals surface area contributed by atoms with E-state index >= 15 is 0 Å². The molecule has 2 aliphatic rings. The van der Waals surface area contributed by atoms with Gasteiger partial charge >= 0.3 is 5.97 Å². The SMILES string of the molecule is CCC(C)NS(=O)(=O)c1sc2c(c1C(=O)OC)CCN(CC1CNNC1c1ccccc1)C2. The Morgan fingerprint density at radius 3 is 2.79 bits per heavy atom. The summed E-state index contributed by atoms with van der Waals surface area (Å²) in [5.41, 5.74) is 8.95. The first kappa shape index (κ1) is 24.3. The molecular weight excluding hydrogens is 460 g/mol. The van der Waals surface area contributed by atoms with E-state index in [9.17, 15) is 13.2 Å². The largest absolute Gasteiger partial charge is 0.465 e. The lowest BCUT2D eigenvalue weighted by atomic mass is 9.93. The summed E-state index contributed by atoms with van der Waals surface area (Å²) in [6, 6.07) is 10.4. The molecule has 3 heterocycles. The number of ether oxygens (including phenoxy) is 1. The maximum absolute atomic E-state index is 13.1. The van der Waals surface area contributed by atoms with Crippen molar-refractivity contribution >= 4 is 27.3 Å². The Morgan fingerprint density at radius 2 is 2.09 bits per heavy atom. The van der Waals surface area contributed by atoms with Crippen LogP contribution in [0.3, 0.4) is 0 Å². The Morgan fingerprint density at radius 1 is 1.33 bits per heavy atom. The Labute approximate surface area is 199 Å². The van der Waals surface area contributed by atoms with Crippen molar-refractivity contribution in [2.75, 3.05) is 26.7 Å². The summed E-state index contributed by atoms with van der Waals surface area (Å²) >= 11 is 1.20. The van der Waals surface area contributed by atoms with Crippen LogP contribution in [-0.4, -0.2) is 52.1 Å². The van der Waals surface area contributed by atoms with Crippen molar-refractivity contribution in [3.8, 4) is 0 Å². The van der Waals surface area contributed by atoms with Crippen molar-refractivity contribution in [3.63, 3.8) is 0 Å². The van der Waals surface area contributed by atoms with E-state index in [1.807, 2.05) is 19.9 Å². The number of hydrogen-bond acceptors (Lipinski definition) is 8. The molecule has 33 heavy (non-hydrogen) atoms. The molecule has 0 bridgehead atoms. The van der Waals surface area contributed by atoms with Crippen LogP contribution in [0.4, 0.5) is 0 Å². The molecule has 1 aromatic heterocycles. The van der Waals surface area contributed by atoms with E-state index in [1.54, 1.807) is 0 Å². The second-order valence-corrected chi connectivity index (χ2v) is 11.8. The van der Waals surface area contributed by atoms with Crippen LogP contribution >= 0.6 is 11.3 Å². The van der Waals surface area contributed by atoms with Gasteiger partial charge in [0.05, 0.1) is 18.7 Å². The van der Waals surface area contributed by atoms with Crippen molar-refractivity contribution in [2.24, 2.45) is 5.92 Å². The van der Waals surface area contributed by atoms with Crippen molar-refractivity contribution < 1.29 is 17.9 Å². The number of benzene rings is 1. The number of methoxy groups -OCH3 is 1. The molecule has 0 saturated carbocycles. The summed E-state index contributed by atoms with van der Waals surface area (Å²) in [5, 5.41) is 0. The van der Waals surface area contributed by atoms with Crippen LogP contribution in [0.25, 0.3) is 0 Å². The van der Waals surface area contributed by atoms with Crippen molar-refractivity contribution in [1.29, 1.82) is 0 Å². The molecule has 4 rings (SSSR count). The third-order valence-corrected chi connectivity index (χ3v) is 9.78. The highest BCUT2D eigenvalue weighted by molar-refractivity contribution is 7.91. The van der Waals surface area contributed by atoms with Crippen LogP contribution < -0.4 is 15.6 Å². The minimum absolute atomic E-state index is 0.0767. The fourth-order valence-electron chi connectivity index (χ4n) is 4.54. The molecule has 2 aliphatic heterocycles. The fraction of sp³-hybridized carbons (Fsp3) is 0.522. The van der Waals surface area contributed by atoms with Gasteiger partial charge in [0.2, 0.25) is 0 Å². The minimum atomic E-state index is -3.81. The van der Waals surface area contributed by atoms with Gasteiger partial charge in [-0.05, 0) is 30.9 Å². The van der Waals surface area contributed by atoms with Gasteiger partial charge in [0.25, 0.3) is 10.0 Å². The molecule has 8 nitrogen and oxygen atoms in total. The van der Waals surface area contributed by atoms with Crippen LogP contribution in [0.2, 0.25) is 0 Å². The van der Waals surface area contributed by atoms with Gasteiger partial charge in [-0.2, -0.15) is 0 Å². The van der Waals surface area contributed by atoms with E-state index in [-0.39, 0.29) is 21.9 Å². The number of rotatable bonds is 8. The van der Waals surface area contributed by atoms with Gasteiger partial charge in [-0.3, -0.25) is 10.3 Å². The van der Waals surface area contributed by atoms with Crippen molar-refractivity contribution in [3.05, 3.63) is 51.9 Å². The molecule has 0 amide bonds. The molecule has 0 aliphatic carbocycles. The Hall–Kier alpha value is -1.82. The summed E-state index contributed by atoms with van der Waals surface area (Å²) < 4.78 is 33.9. The molecule has 2 aromatic rings. The van der Waals surface area contributed by atoms with Crippen molar-refractivity contribution in [2.45, 2.75) is 49.5 Å². The second-order valence-electron chi connectivity index (χ2n) is 8.75. The summed E-state index contributed by atoms with van der Waals surface area (Å²) in [7, 11) is -2.51. The van der Waals surface area contributed by atoms with Crippen LogP contribution in [-0.2, 0) is 27.7 Å². The molecule has 3 unspecified atom stereocenters. The maximum atomic E-state index is 13.1. The van der Waals surface area contributed by atoms with Gasteiger partial charge in [0.1, 0.15) is 4.21 Å². The van der Waals surface area contributed by atoms with Gasteiger partial charge in [0, 0.05) is 43.0 Å². The molecule has 0 radical (unpaired) electrons. The predicted molar refractivity (Wildman–Crippen MR) is 129 cm³/mol. The quantitative estimate of drug-likeness (QED) is 0.487. The van der Waals surface area contributed by atoms with E-state index < -0.39 is 16.0 Å². The lowest BCUT2D eigenvalue weighted by Crippen LogP contribution is -2.36. The van der Waals surface area contributed by atoms with Crippen LogP contribution in [0.15, 0.2) is 34.5 Å². The first-order valence-corrected chi connectivity index (χ1v) is 13.6. The van der Waals surface area contributed by atoms with Gasteiger partial charge in [0.15, 0.2) is 0 Å². The number of carbonyl (C=O) groups excluding carboxylic acids is 1. The van der Waals surface area contributed by atoms with E-state index in [0.717, 1.165) is 30.1 Å². The summed E-state index contributed by atoms with van der Waals surface area (Å²) in [4.78, 5) is 15.9. The molecule has 3 atom stereocenters. The highest BCUT2D eigenvalue weighted by Crippen LogP contribution is 2.37. The zero-order valence-corrected chi connectivity index (χ0v) is 20.9. The summed E-state index contributed by atoms with van der Waals surface area (Å²) in [5.74, 6) is -0.205. The third kappa shape index (κ3) is 5.16. The van der Waals surface area contributed by atoms with E-state index in [2.05, 4.69) is 44.7 Å². The van der Waals surface area contributed by atoms with Gasteiger partial charge in [-0.1, -0.05) is 37.3 Å². The van der Waals surface area contributed by atoms with Gasteiger partial charge in [-0.25, -0.2) is 23.4 Å². The number of fused-ring (bicyclic) bond motifs is 1. The second kappa shape index (κ2) is 10.2.